The molecule has 0 radical (unpaired) electrons. The Morgan fingerprint density at radius 2 is 1.80 bits per heavy atom. The molecule has 1 aromatic heterocycles. The van der Waals surface area contributed by atoms with Crippen molar-refractivity contribution in [3.05, 3.63) is 100 Å². The van der Waals surface area contributed by atoms with E-state index >= 15 is 0 Å². The molecule has 0 saturated carbocycles. The number of ether oxygens (including phenoxy) is 3. The van der Waals surface area contributed by atoms with Crippen LogP contribution >= 0.6 is 0 Å². The van der Waals surface area contributed by atoms with Crippen molar-refractivity contribution < 1.29 is 51.1 Å². The average Bonchev–Trinajstić information content (AvgIpc) is 3.64. The van der Waals surface area contributed by atoms with E-state index in [0.29, 0.717) is 24.2 Å². The van der Waals surface area contributed by atoms with Crippen LogP contribution in [0.2, 0.25) is 0 Å². The van der Waals surface area contributed by atoms with Crippen LogP contribution < -0.4 is 16.4 Å². The summed E-state index contributed by atoms with van der Waals surface area (Å²) >= 11 is 0. The Kier molecular flexibility index (Phi) is 16.6. The largest absolute Gasteiger partial charge is 0.439 e. The zero-order valence-corrected chi connectivity index (χ0v) is 35.2. The lowest BCUT2D eigenvalue weighted by Gasteiger charge is -2.30. The monoisotopic (exact) mass is 838 g/mol. The first-order chi connectivity index (χ1) is 27.9. The molecule has 0 fully saturated rings. The second-order valence-electron chi connectivity index (χ2n) is 14.7. The molecule has 320 valence electrons. The summed E-state index contributed by atoms with van der Waals surface area (Å²) in [5, 5.41) is 25.3. The van der Waals surface area contributed by atoms with Gasteiger partial charge in [-0.3, -0.25) is 23.2 Å². The molecule has 4 rings (SSSR count). The first-order valence-electron chi connectivity index (χ1n) is 19.1. The molecule has 1 aromatic carbocycles. The number of methoxy groups -OCH3 is 2. The van der Waals surface area contributed by atoms with Gasteiger partial charge >= 0.3 is 6.09 Å². The smallest absolute Gasteiger partial charge is 0.405 e. The number of aromatic nitrogens is 3. The Morgan fingerprint density at radius 3 is 2.46 bits per heavy atom. The number of amides is 2. The molecule has 6 atom stereocenters. The highest BCUT2D eigenvalue weighted by molar-refractivity contribution is 7.86. The Labute approximate surface area is 344 Å². The van der Waals surface area contributed by atoms with Gasteiger partial charge in [0, 0.05) is 43.9 Å². The Balaban J connectivity index is 1.55. The Morgan fingerprint density at radius 1 is 1.08 bits per heavy atom. The average molecular weight is 839 g/mol. The fraction of sp³-hybridized carbons (Fsp3) is 0.463. The van der Waals surface area contributed by atoms with Crippen LogP contribution in [0, 0.1) is 18.8 Å². The summed E-state index contributed by atoms with van der Waals surface area (Å²) in [4.78, 5) is 52.9. The number of aliphatic hydroxyl groups excluding tert-OH is 1. The number of nitrogens with zero attached hydrogens (tertiary/aromatic N) is 3. The van der Waals surface area contributed by atoms with Crippen LogP contribution in [0.4, 0.5) is 4.79 Å². The number of aliphatic hydroxyl groups is 1. The molecule has 2 bridgehead atoms. The summed E-state index contributed by atoms with van der Waals surface area (Å²) in [5.74, 6) is -2.57. The molecule has 2 amide bonds. The van der Waals surface area contributed by atoms with Crippen LogP contribution in [0.3, 0.4) is 0 Å². The maximum absolute atomic E-state index is 14.1. The van der Waals surface area contributed by atoms with Crippen LogP contribution in [-0.2, 0) is 56.0 Å². The second kappa shape index (κ2) is 21.1. The fourth-order valence-electron chi connectivity index (χ4n) is 6.65. The van der Waals surface area contributed by atoms with Gasteiger partial charge in [0.15, 0.2) is 6.10 Å². The number of nitrogens with one attached hydrogen (secondary N) is 2. The number of carbonyl (C=O) groups excluding carboxylic acids is 4. The van der Waals surface area contributed by atoms with Crippen molar-refractivity contribution in [1.29, 1.82) is 0 Å². The lowest BCUT2D eigenvalue weighted by atomic mass is 9.85. The van der Waals surface area contributed by atoms with Crippen molar-refractivity contribution in [2.45, 2.75) is 96.3 Å². The normalized spacial score (nSPS) is 26.2. The highest BCUT2D eigenvalue weighted by Gasteiger charge is 2.33. The second-order valence-corrected chi connectivity index (χ2v) is 16.3. The number of hydrogen-bond donors (Lipinski definition) is 4. The lowest BCUT2D eigenvalue weighted by molar-refractivity contribution is -0.120. The van der Waals surface area contributed by atoms with Gasteiger partial charge in [-0.15, -0.1) is 5.10 Å². The Bertz CT molecular complexity index is 2120. The number of Topliss-reactive ketones (excluding diaryl/α,β-unsaturated/α-hetero) is 1. The van der Waals surface area contributed by atoms with Crippen molar-refractivity contribution in [2.24, 2.45) is 17.6 Å². The maximum Gasteiger partial charge on any atom is 0.405 e. The van der Waals surface area contributed by atoms with Gasteiger partial charge in [0.25, 0.3) is 16.0 Å². The molecule has 5 N–H and O–H groups in total. The summed E-state index contributed by atoms with van der Waals surface area (Å²) < 4.78 is 48.4. The van der Waals surface area contributed by atoms with Gasteiger partial charge in [0.05, 0.1) is 47.8 Å². The zero-order valence-electron chi connectivity index (χ0n) is 34.3. The molecular weight excluding hydrogens is 785 g/mol. The van der Waals surface area contributed by atoms with Crippen molar-refractivity contribution in [2.75, 3.05) is 20.8 Å². The van der Waals surface area contributed by atoms with E-state index in [4.69, 9.17) is 24.1 Å². The van der Waals surface area contributed by atoms with Crippen molar-refractivity contribution in [1.82, 2.24) is 25.6 Å². The fourth-order valence-corrected chi connectivity index (χ4v) is 7.60. The molecule has 0 saturated heterocycles. The highest BCUT2D eigenvalue weighted by atomic mass is 32.2. The predicted molar refractivity (Wildman–Crippen MR) is 215 cm³/mol. The summed E-state index contributed by atoms with van der Waals surface area (Å²) in [7, 11) is -1.03. The predicted octanol–water partition coefficient (Wildman–Crippen LogP) is 3.25. The first-order valence-corrected chi connectivity index (χ1v) is 20.5. The summed E-state index contributed by atoms with van der Waals surface area (Å²) in [6.45, 7) is 8.96. The third-order valence-electron chi connectivity index (χ3n) is 9.91. The van der Waals surface area contributed by atoms with E-state index in [2.05, 4.69) is 20.9 Å². The van der Waals surface area contributed by atoms with Crippen LogP contribution in [-0.4, -0.2) is 97.3 Å². The molecule has 2 aliphatic rings. The van der Waals surface area contributed by atoms with E-state index in [-0.39, 0.29) is 59.3 Å². The van der Waals surface area contributed by atoms with E-state index < -0.39 is 64.0 Å². The van der Waals surface area contributed by atoms with Crippen molar-refractivity contribution in [3.63, 3.8) is 0 Å². The number of allylic oxidation sites excluding steroid dienone is 4. The lowest BCUT2D eigenvalue weighted by Crippen LogP contribution is -2.37. The van der Waals surface area contributed by atoms with Gasteiger partial charge < -0.3 is 35.7 Å². The number of ketones is 2. The maximum atomic E-state index is 14.1. The van der Waals surface area contributed by atoms with Crippen LogP contribution in [0.15, 0.2) is 93.9 Å². The van der Waals surface area contributed by atoms with E-state index in [9.17, 15) is 32.7 Å². The number of hydrogen-bond acceptors (Lipinski definition) is 14. The molecule has 2 heterocycles. The number of primary amides is 1. The van der Waals surface area contributed by atoms with Crippen molar-refractivity contribution >= 4 is 33.7 Å². The number of nitrogens with two attached hydrogens (primary N) is 1. The molecule has 18 heteroatoms. The zero-order chi connectivity index (χ0) is 43.4. The van der Waals surface area contributed by atoms with Gasteiger partial charge in [-0.05, 0) is 63.7 Å². The molecule has 0 spiro atoms. The van der Waals surface area contributed by atoms with E-state index in [1.807, 2.05) is 13.8 Å². The third-order valence-corrected chi connectivity index (χ3v) is 11.2. The number of aryl methyl sites for hydroxylation is 2. The van der Waals surface area contributed by atoms with Crippen LogP contribution in [0.25, 0.3) is 0 Å². The number of carbonyl (C=O) groups is 4. The standard InChI is InChI=1S/C41H54N6O11S/c1-24-12-14-30(15-13-24)59(53,54)57-17-9-16-47-23-29(45-46-47)22-43-36-31-18-25(2)19-35(56-7)37(49)27(4)20-28(5)39(58-41(42)52)34(55-6)11-8-10-26(3)40(51)44-32(38(31)50)21-33(36)48/h8,10-15,20-21,23,25,27,34-35,37,39,43,49H,9,16-19,22H2,1-7H3,(H2,42,52)(H,44,51)/b11-8-,26-10+,28-20+/t25-,27+,34+,35+,37-,39+/m1/s1. The van der Waals surface area contributed by atoms with Gasteiger partial charge in [-0.1, -0.05) is 61.1 Å². The highest BCUT2D eigenvalue weighted by Crippen LogP contribution is 2.29. The van der Waals surface area contributed by atoms with Gasteiger partial charge in [0.1, 0.15) is 11.8 Å². The number of fused-ring (bicyclic) bond motifs is 2. The van der Waals surface area contributed by atoms with Gasteiger partial charge in [-0.25, -0.2) is 4.79 Å². The minimum Gasteiger partial charge on any atom is -0.439 e. The topological polar surface area (TPSA) is 240 Å². The summed E-state index contributed by atoms with van der Waals surface area (Å²) in [5.41, 5.74) is 7.44. The molecule has 59 heavy (non-hydrogen) atoms. The molecular formula is C41H54N6O11S. The van der Waals surface area contributed by atoms with Crippen molar-refractivity contribution in [3.8, 4) is 0 Å². The third kappa shape index (κ3) is 12.9. The summed E-state index contributed by atoms with van der Waals surface area (Å²) in [6.07, 6.45) is 5.10. The van der Waals surface area contributed by atoms with Crippen LogP contribution in [0.5, 0.6) is 0 Å². The van der Waals surface area contributed by atoms with E-state index in [0.717, 1.165) is 11.6 Å². The van der Waals surface area contributed by atoms with Gasteiger partial charge in [0.2, 0.25) is 11.6 Å². The SMILES string of the molecule is CO[C@H]1/C=C\C=C(/C)C(=O)NC2=CC(=O)C(NCc3cn(CCCOS(=O)(=O)c4ccc(C)cc4)nn3)=C(C[C@@H](C)C[C@H](OC)[C@H](O)[C@@H](C)/C=C(\C)[C@@H]1OC(N)=O)C2=O. The molecule has 2 aromatic rings. The van der Waals surface area contributed by atoms with Gasteiger partial charge in [-0.2, -0.15) is 8.42 Å². The number of benzene rings is 1. The molecule has 0 unspecified atom stereocenters. The van der Waals surface area contributed by atoms with E-state index in [1.165, 1.54) is 50.1 Å². The quantitative estimate of drug-likeness (QED) is 0.104. The Hall–Kier alpha value is -5.27. The summed E-state index contributed by atoms with van der Waals surface area (Å²) in [6, 6.07) is 6.35. The first kappa shape index (κ1) is 46.4. The van der Waals surface area contributed by atoms with E-state index in [1.54, 1.807) is 44.3 Å². The molecule has 1 aliphatic carbocycles. The molecule has 1 aliphatic heterocycles. The van der Waals surface area contributed by atoms with Crippen LogP contribution in [0.1, 0.15) is 58.2 Å². The number of rotatable bonds is 12. The minimum absolute atomic E-state index is 0.0137. The minimum atomic E-state index is -3.91. The molecule has 17 nitrogen and oxygen atoms in total.